The number of aliphatic hydroxyl groups is 1. The Morgan fingerprint density at radius 3 is 2.86 bits per heavy atom. The van der Waals surface area contributed by atoms with Crippen molar-refractivity contribution in [2.75, 3.05) is 0 Å². The monoisotopic (exact) mass is 192 g/mol. The molecule has 0 aromatic heterocycles. The minimum absolute atomic E-state index is 0.236. The van der Waals surface area contributed by atoms with Crippen LogP contribution in [0.2, 0.25) is 0 Å². The number of rotatable bonds is 1. The number of aldehydes is 1. The van der Waals surface area contributed by atoms with Crippen LogP contribution in [-0.4, -0.2) is 22.1 Å². The number of phenolic OH excluding ortho intramolecular Hbond substituents is 1. The van der Waals surface area contributed by atoms with Gasteiger partial charge in [0.05, 0.1) is 0 Å². The lowest BCUT2D eigenvalue weighted by Gasteiger charge is -2.28. The quantitative estimate of drug-likeness (QED) is 0.647. The molecule has 0 amide bonds. The van der Waals surface area contributed by atoms with Crippen LogP contribution in [0.1, 0.15) is 17.5 Å². The maximum Gasteiger partial charge on any atom is 0.151 e. The Balaban J connectivity index is 2.36. The van der Waals surface area contributed by atoms with E-state index in [4.69, 9.17) is 0 Å². The third kappa shape index (κ3) is 1.51. The fourth-order valence-corrected chi connectivity index (χ4v) is 1.89. The number of hydrogen-bond acceptors (Lipinski definition) is 3. The number of aromatic hydroxyl groups is 1. The highest BCUT2D eigenvalue weighted by Gasteiger charge is 2.31. The number of phenols is 1. The van der Waals surface area contributed by atoms with Gasteiger partial charge in [0.15, 0.2) is 6.29 Å². The first-order valence-electron chi connectivity index (χ1n) is 4.62. The van der Waals surface area contributed by atoms with Crippen LogP contribution in [-0.2, 0) is 17.6 Å². The molecule has 1 aliphatic carbocycles. The second kappa shape index (κ2) is 3.10. The zero-order valence-electron chi connectivity index (χ0n) is 7.73. The number of hydrogen-bond donors (Lipinski definition) is 2. The van der Waals surface area contributed by atoms with Gasteiger partial charge in [-0.1, -0.05) is 6.07 Å². The van der Waals surface area contributed by atoms with Gasteiger partial charge in [-0.2, -0.15) is 0 Å². The normalized spacial score (nSPS) is 25.5. The maximum atomic E-state index is 10.7. The van der Waals surface area contributed by atoms with Crippen molar-refractivity contribution in [1.29, 1.82) is 0 Å². The third-order valence-corrected chi connectivity index (χ3v) is 2.73. The topological polar surface area (TPSA) is 57.5 Å². The molecule has 74 valence electrons. The Morgan fingerprint density at radius 1 is 1.36 bits per heavy atom. The van der Waals surface area contributed by atoms with Crippen LogP contribution in [0, 0.1) is 0 Å². The zero-order valence-corrected chi connectivity index (χ0v) is 7.73. The molecule has 1 atom stereocenters. The molecule has 1 unspecified atom stereocenters. The first kappa shape index (κ1) is 9.21. The number of benzene rings is 1. The highest BCUT2D eigenvalue weighted by atomic mass is 16.3. The summed E-state index contributed by atoms with van der Waals surface area (Å²) in [5, 5.41) is 19.0. The molecule has 0 spiro atoms. The average Bonchev–Trinajstić information content (AvgIpc) is 2.19. The summed E-state index contributed by atoms with van der Waals surface area (Å²) >= 11 is 0. The molecular formula is C11H12O3. The van der Waals surface area contributed by atoms with Gasteiger partial charge in [-0.3, -0.25) is 0 Å². The van der Waals surface area contributed by atoms with E-state index in [2.05, 4.69) is 0 Å². The van der Waals surface area contributed by atoms with Crippen LogP contribution in [0.4, 0.5) is 0 Å². The van der Waals surface area contributed by atoms with Gasteiger partial charge in [0.2, 0.25) is 0 Å². The van der Waals surface area contributed by atoms with Crippen LogP contribution in [0.15, 0.2) is 18.2 Å². The molecule has 0 radical (unpaired) electrons. The number of carbonyl (C=O) groups excluding carboxylic acids is 1. The number of fused-ring (bicyclic) bond motifs is 1. The summed E-state index contributed by atoms with van der Waals surface area (Å²) in [6.07, 6.45) is 2.04. The van der Waals surface area contributed by atoms with Gasteiger partial charge in [0.1, 0.15) is 11.4 Å². The van der Waals surface area contributed by atoms with E-state index in [1.165, 1.54) is 0 Å². The number of aryl methyl sites for hydroxylation is 1. The summed E-state index contributed by atoms with van der Waals surface area (Å²) in [5.41, 5.74) is 0.768. The predicted molar refractivity (Wildman–Crippen MR) is 51.1 cm³/mol. The minimum Gasteiger partial charge on any atom is -0.508 e. The molecule has 1 aromatic carbocycles. The second-order valence-electron chi connectivity index (χ2n) is 3.85. The Labute approximate surface area is 82.0 Å². The van der Waals surface area contributed by atoms with E-state index in [1.807, 2.05) is 0 Å². The van der Waals surface area contributed by atoms with Crippen LogP contribution in [0.25, 0.3) is 0 Å². The van der Waals surface area contributed by atoms with Crippen molar-refractivity contribution in [3.05, 3.63) is 29.3 Å². The minimum atomic E-state index is -1.20. The van der Waals surface area contributed by atoms with Gasteiger partial charge in [-0.05, 0) is 36.1 Å². The van der Waals surface area contributed by atoms with E-state index >= 15 is 0 Å². The highest BCUT2D eigenvalue weighted by molar-refractivity contribution is 5.64. The Hall–Kier alpha value is -1.35. The first-order chi connectivity index (χ1) is 6.63. The molecule has 14 heavy (non-hydrogen) atoms. The molecule has 2 N–H and O–H groups in total. The van der Waals surface area contributed by atoms with Crippen molar-refractivity contribution < 1.29 is 15.0 Å². The molecule has 0 saturated heterocycles. The van der Waals surface area contributed by atoms with Gasteiger partial charge in [-0.25, -0.2) is 0 Å². The average molecular weight is 192 g/mol. The van der Waals surface area contributed by atoms with E-state index < -0.39 is 5.60 Å². The van der Waals surface area contributed by atoms with Crippen molar-refractivity contribution in [1.82, 2.24) is 0 Å². The van der Waals surface area contributed by atoms with Crippen LogP contribution >= 0.6 is 0 Å². The fraction of sp³-hybridized carbons (Fsp3) is 0.364. The van der Waals surface area contributed by atoms with E-state index in [1.54, 1.807) is 18.2 Å². The second-order valence-corrected chi connectivity index (χ2v) is 3.85. The first-order valence-corrected chi connectivity index (χ1v) is 4.62. The SMILES string of the molecule is O=CC1(O)CCc2cc(O)ccc2C1. The van der Waals surface area contributed by atoms with Gasteiger partial charge in [0.25, 0.3) is 0 Å². The van der Waals surface area contributed by atoms with Crippen molar-refractivity contribution >= 4 is 6.29 Å². The summed E-state index contributed by atoms with van der Waals surface area (Å²) < 4.78 is 0. The molecule has 0 heterocycles. The van der Waals surface area contributed by atoms with E-state index in [0.29, 0.717) is 25.5 Å². The van der Waals surface area contributed by atoms with E-state index in [-0.39, 0.29) is 5.75 Å². The van der Waals surface area contributed by atoms with Crippen molar-refractivity contribution in [3.8, 4) is 5.75 Å². The molecule has 3 heteroatoms. The van der Waals surface area contributed by atoms with Gasteiger partial charge in [-0.15, -0.1) is 0 Å². The maximum absolute atomic E-state index is 10.7. The largest absolute Gasteiger partial charge is 0.508 e. The summed E-state index contributed by atoms with van der Waals surface area (Å²) in [6, 6.07) is 5.04. The van der Waals surface area contributed by atoms with E-state index in [0.717, 1.165) is 11.1 Å². The Bertz CT molecular complexity index is 373. The van der Waals surface area contributed by atoms with Gasteiger partial charge >= 0.3 is 0 Å². The predicted octanol–water partition coefficient (Wildman–Crippen LogP) is 0.811. The Kier molecular flexibility index (Phi) is 2.04. The summed E-state index contributed by atoms with van der Waals surface area (Å²) in [5.74, 6) is 0.236. The zero-order chi connectivity index (χ0) is 10.2. The molecule has 0 fully saturated rings. The molecule has 2 rings (SSSR count). The molecule has 1 aliphatic rings. The fourth-order valence-electron chi connectivity index (χ4n) is 1.89. The summed E-state index contributed by atoms with van der Waals surface area (Å²) in [7, 11) is 0. The smallest absolute Gasteiger partial charge is 0.151 e. The van der Waals surface area contributed by atoms with Crippen molar-refractivity contribution in [2.24, 2.45) is 0 Å². The third-order valence-electron chi connectivity index (χ3n) is 2.73. The van der Waals surface area contributed by atoms with E-state index in [9.17, 15) is 15.0 Å². The molecule has 1 aromatic rings. The van der Waals surface area contributed by atoms with Crippen LogP contribution in [0.3, 0.4) is 0 Å². The van der Waals surface area contributed by atoms with Crippen LogP contribution in [0.5, 0.6) is 5.75 Å². The Morgan fingerprint density at radius 2 is 2.14 bits per heavy atom. The van der Waals surface area contributed by atoms with Gasteiger partial charge in [0, 0.05) is 6.42 Å². The standard InChI is InChI=1S/C11H12O3/c12-7-11(14)4-3-8-5-10(13)2-1-9(8)6-11/h1-2,5,7,13-14H,3-4,6H2. The summed E-state index contributed by atoms with van der Waals surface area (Å²) in [4.78, 5) is 10.7. The molecule has 0 aliphatic heterocycles. The lowest BCUT2D eigenvalue weighted by atomic mass is 9.81. The van der Waals surface area contributed by atoms with Gasteiger partial charge < -0.3 is 15.0 Å². The molecule has 0 saturated carbocycles. The molecular weight excluding hydrogens is 180 g/mol. The molecule has 0 bridgehead atoms. The van der Waals surface area contributed by atoms with Crippen LogP contribution < -0.4 is 0 Å². The van der Waals surface area contributed by atoms with Crippen molar-refractivity contribution in [2.45, 2.75) is 24.9 Å². The lowest BCUT2D eigenvalue weighted by Crippen LogP contribution is -2.37. The number of carbonyl (C=O) groups is 1. The lowest BCUT2D eigenvalue weighted by molar-refractivity contribution is -0.125. The highest BCUT2D eigenvalue weighted by Crippen LogP contribution is 2.29. The molecule has 3 nitrogen and oxygen atoms in total. The summed E-state index contributed by atoms with van der Waals surface area (Å²) in [6.45, 7) is 0. The van der Waals surface area contributed by atoms with Crippen molar-refractivity contribution in [3.63, 3.8) is 0 Å².